The van der Waals surface area contributed by atoms with Gasteiger partial charge in [-0.1, -0.05) is 5.92 Å². The van der Waals surface area contributed by atoms with Gasteiger partial charge in [0.15, 0.2) is 11.6 Å². The van der Waals surface area contributed by atoms with E-state index in [4.69, 9.17) is 11.2 Å². The summed E-state index contributed by atoms with van der Waals surface area (Å²) in [6.07, 6.45) is 5.40. The minimum absolute atomic E-state index is 0.0547. The number of anilines is 1. The fourth-order valence-corrected chi connectivity index (χ4v) is 3.46. The third kappa shape index (κ3) is 4.92. The standard InChI is InChI=1S/C22H18F2N2O4S/c1-4-14-10-17(13(3)25-22(14)27)18-12-16(26-31(28,29)5-2)7-9-20(18)30-21-8-6-15(23)11-19(21)24/h1,6-12,26H,5H2,2-3H3,(H,25,27). The molecule has 2 aromatic carbocycles. The van der Waals surface area contributed by atoms with Gasteiger partial charge in [-0.2, -0.15) is 0 Å². The van der Waals surface area contributed by atoms with Gasteiger partial charge in [-0.05, 0) is 50.2 Å². The quantitative estimate of drug-likeness (QED) is 0.559. The Bertz CT molecular complexity index is 1360. The lowest BCUT2D eigenvalue weighted by atomic mass is 10.0. The van der Waals surface area contributed by atoms with Crippen molar-refractivity contribution >= 4 is 15.7 Å². The molecule has 0 aliphatic heterocycles. The summed E-state index contributed by atoms with van der Waals surface area (Å²) in [7, 11) is -3.57. The predicted molar refractivity (Wildman–Crippen MR) is 115 cm³/mol. The van der Waals surface area contributed by atoms with Gasteiger partial charge in [0.1, 0.15) is 11.6 Å². The Balaban J connectivity index is 2.20. The molecule has 0 aliphatic carbocycles. The number of aromatic amines is 1. The molecule has 0 fully saturated rings. The Hall–Kier alpha value is -3.64. The normalized spacial score (nSPS) is 11.1. The van der Waals surface area contributed by atoms with Gasteiger partial charge in [0.2, 0.25) is 10.0 Å². The fourth-order valence-electron chi connectivity index (χ4n) is 2.83. The number of pyridine rings is 1. The van der Waals surface area contributed by atoms with Crippen LogP contribution in [0.3, 0.4) is 0 Å². The number of halogens is 2. The molecule has 1 aromatic heterocycles. The molecule has 0 saturated heterocycles. The Labute approximate surface area is 178 Å². The number of H-pyrrole nitrogens is 1. The summed E-state index contributed by atoms with van der Waals surface area (Å²) in [5.74, 6) is 0.379. The highest BCUT2D eigenvalue weighted by Crippen LogP contribution is 2.37. The highest BCUT2D eigenvalue weighted by Gasteiger charge is 2.17. The summed E-state index contributed by atoms with van der Waals surface area (Å²) in [5.41, 5.74) is 1.05. The predicted octanol–water partition coefficient (Wildman–Crippen LogP) is 4.16. The molecule has 160 valence electrons. The van der Waals surface area contributed by atoms with Crippen molar-refractivity contribution in [2.75, 3.05) is 10.5 Å². The topological polar surface area (TPSA) is 88.3 Å². The van der Waals surface area contributed by atoms with E-state index in [1.54, 1.807) is 6.92 Å². The summed E-state index contributed by atoms with van der Waals surface area (Å²) in [6, 6.07) is 8.67. The highest BCUT2D eigenvalue weighted by molar-refractivity contribution is 7.92. The average molecular weight is 444 g/mol. The molecule has 0 saturated carbocycles. The van der Waals surface area contributed by atoms with Crippen LogP contribution >= 0.6 is 0 Å². The Morgan fingerprint density at radius 2 is 1.81 bits per heavy atom. The maximum Gasteiger partial charge on any atom is 0.263 e. The van der Waals surface area contributed by atoms with Crippen LogP contribution in [-0.4, -0.2) is 19.2 Å². The van der Waals surface area contributed by atoms with Gasteiger partial charge in [-0.15, -0.1) is 6.42 Å². The van der Waals surface area contributed by atoms with Crippen LogP contribution in [0.25, 0.3) is 11.1 Å². The maximum atomic E-state index is 14.1. The molecule has 31 heavy (non-hydrogen) atoms. The third-order valence-electron chi connectivity index (χ3n) is 4.43. The van der Waals surface area contributed by atoms with Crippen molar-refractivity contribution in [3.63, 3.8) is 0 Å². The second-order valence-electron chi connectivity index (χ2n) is 6.59. The van der Waals surface area contributed by atoms with Crippen molar-refractivity contribution in [3.8, 4) is 35.0 Å². The van der Waals surface area contributed by atoms with Crippen LogP contribution < -0.4 is 15.0 Å². The molecule has 3 aromatic rings. The molecule has 0 atom stereocenters. The van der Waals surface area contributed by atoms with Gasteiger partial charge < -0.3 is 9.72 Å². The van der Waals surface area contributed by atoms with E-state index in [2.05, 4.69) is 15.6 Å². The van der Waals surface area contributed by atoms with Crippen LogP contribution in [0.5, 0.6) is 11.5 Å². The van der Waals surface area contributed by atoms with Crippen LogP contribution in [0, 0.1) is 30.9 Å². The number of hydrogen-bond acceptors (Lipinski definition) is 4. The molecule has 0 amide bonds. The van der Waals surface area contributed by atoms with E-state index in [9.17, 15) is 22.0 Å². The first-order chi connectivity index (χ1) is 14.6. The van der Waals surface area contributed by atoms with Crippen molar-refractivity contribution in [2.45, 2.75) is 13.8 Å². The molecule has 0 spiro atoms. The molecule has 2 N–H and O–H groups in total. The highest BCUT2D eigenvalue weighted by atomic mass is 32.2. The van der Waals surface area contributed by atoms with Gasteiger partial charge in [0, 0.05) is 28.6 Å². The molecule has 3 rings (SSSR count). The number of nitrogens with one attached hydrogen (secondary N) is 2. The zero-order valence-electron chi connectivity index (χ0n) is 16.6. The van der Waals surface area contributed by atoms with E-state index in [-0.39, 0.29) is 28.5 Å². The summed E-state index contributed by atoms with van der Waals surface area (Å²) in [6.45, 7) is 3.12. The molecule has 9 heteroatoms. The van der Waals surface area contributed by atoms with Crippen molar-refractivity contribution in [2.24, 2.45) is 0 Å². The largest absolute Gasteiger partial charge is 0.454 e. The zero-order chi connectivity index (χ0) is 22.8. The second kappa shape index (κ2) is 8.62. The number of ether oxygens (including phenoxy) is 1. The van der Waals surface area contributed by atoms with Gasteiger partial charge in [0.25, 0.3) is 5.56 Å². The van der Waals surface area contributed by atoms with E-state index in [1.807, 2.05) is 0 Å². The molecule has 0 bridgehead atoms. The number of hydrogen-bond donors (Lipinski definition) is 2. The minimum atomic E-state index is -3.57. The lowest BCUT2D eigenvalue weighted by Crippen LogP contribution is -2.15. The van der Waals surface area contributed by atoms with Crippen LogP contribution in [0.15, 0.2) is 47.3 Å². The summed E-state index contributed by atoms with van der Waals surface area (Å²) >= 11 is 0. The van der Waals surface area contributed by atoms with Crippen molar-refractivity contribution < 1.29 is 21.9 Å². The Morgan fingerprint density at radius 3 is 2.45 bits per heavy atom. The Morgan fingerprint density at radius 1 is 1.10 bits per heavy atom. The average Bonchev–Trinajstić information content (AvgIpc) is 2.71. The molecular weight excluding hydrogens is 426 g/mol. The number of benzene rings is 2. The molecule has 0 radical (unpaired) electrons. The van der Waals surface area contributed by atoms with Crippen LogP contribution in [0.1, 0.15) is 18.2 Å². The maximum absolute atomic E-state index is 14.1. The van der Waals surface area contributed by atoms with Crippen LogP contribution in [0.2, 0.25) is 0 Å². The van der Waals surface area contributed by atoms with Gasteiger partial charge >= 0.3 is 0 Å². The summed E-state index contributed by atoms with van der Waals surface area (Å²) in [4.78, 5) is 14.6. The summed E-state index contributed by atoms with van der Waals surface area (Å²) in [5, 5.41) is 0. The molecule has 6 nitrogen and oxygen atoms in total. The van der Waals surface area contributed by atoms with E-state index < -0.39 is 27.2 Å². The van der Waals surface area contributed by atoms with E-state index in [0.717, 1.165) is 12.1 Å². The van der Waals surface area contributed by atoms with Crippen molar-refractivity contribution in [1.29, 1.82) is 0 Å². The lowest BCUT2D eigenvalue weighted by Gasteiger charge is -2.16. The zero-order valence-corrected chi connectivity index (χ0v) is 17.4. The number of terminal acetylenes is 1. The number of aromatic nitrogens is 1. The van der Waals surface area contributed by atoms with Crippen molar-refractivity contribution in [1.82, 2.24) is 4.98 Å². The lowest BCUT2D eigenvalue weighted by molar-refractivity contribution is 0.439. The van der Waals surface area contributed by atoms with Gasteiger partial charge in [-0.25, -0.2) is 17.2 Å². The first kappa shape index (κ1) is 22.1. The SMILES string of the molecule is C#Cc1cc(-c2cc(NS(=O)(=O)CC)ccc2Oc2ccc(F)cc2F)c(C)[nH]c1=O. The molecular formula is C22H18F2N2O4S. The summed E-state index contributed by atoms with van der Waals surface area (Å²) < 4.78 is 59.4. The monoisotopic (exact) mass is 444 g/mol. The molecule has 0 unspecified atom stereocenters. The minimum Gasteiger partial charge on any atom is -0.454 e. The van der Waals surface area contributed by atoms with E-state index in [1.165, 1.54) is 31.2 Å². The third-order valence-corrected chi connectivity index (χ3v) is 5.74. The van der Waals surface area contributed by atoms with Crippen molar-refractivity contribution in [3.05, 3.63) is 75.7 Å². The fraction of sp³-hybridized carbons (Fsp3) is 0.136. The first-order valence-electron chi connectivity index (χ1n) is 9.12. The van der Waals surface area contributed by atoms with Crippen LogP contribution in [-0.2, 0) is 10.0 Å². The number of aryl methyl sites for hydroxylation is 1. The molecule has 0 aliphatic rings. The Kier molecular flexibility index (Phi) is 6.13. The smallest absolute Gasteiger partial charge is 0.263 e. The van der Waals surface area contributed by atoms with E-state index >= 15 is 0 Å². The second-order valence-corrected chi connectivity index (χ2v) is 8.60. The molecule has 1 heterocycles. The number of rotatable bonds is 6. The van der Waals surface area contributed by atoms with Gasteiger partial charge in [-0.3, -0.25) is 9.52 Å². The van der Waals surface area contributed by atoms with E-state index in [0.29, 0.717) is 22.9 Å². The number of sulfonamides is 1. The first-order valence-corrected chi connectivity index (χ1v) is 10.8. The van der Waals surface area contributed by atoms with Crippen LogP contribution in [0.4, 0.5) is 14.5 Å². The van der Waals surface area contributed by atoms with Gasteiger partial charge in [0.05, 0.1) is 11.3 Å².